The molecule has 31 heavy (non-hydrogen) atoms. The van der Waals surface area contributed by atoms with Crippen molar-refractivity contribution in [2.24, 2.45) is 7.05 Å². The van der Waals surface area contributed by atoms with Gasteiger partial charge in [0.15, 0.2) is 14.8 Å². The van der Waals surface area contributed by atoms with Crippen molar-refractivity contribution in [3.05, 3.63) is 73.7 Å². The van der Waals surface area contributed by atoms with Crippen molar-refractivity contribution in [3.63, 3.8) is 0 Å². The van der Waals surface area contributed by atoms with Crippen LogP contribution in [-0.4, -0.2) is 25.8 Å². The van der Waals surface area contributed by atoms with E-state index >= 15 is 0 Å². The topological polar surface area (TPSA) is 68.9 Å². The number of halogens is 2. The Bertz CT molecular complexity index is 1400. The van der Waals surface area contributed by atoms with E-state index < -0.39 is 0 Å². The fourth-order valence-corrected chi connectivity index (χ4v) is 5.06. The molecule has 0 aliphatic rings. The number of amides is 1. The highest BCUT2D eigenvalue weighted by Gasteiger charge is 2.17. The summed E-state index contributed by atoms with van der Waals surface area (Å²) in [6.45, 7) is 0. The molecule has 158 valence electrons. The second-order valence-electron chi connectivity index (χ2n) is 6.43. The van der Waals surface area contributed by atoms with Crippen LogP contribution in [0.5, 0.6) is 0 Å². The molecule has 11 heteroatoms. The highest BCUT2D eigenvalue weighted by molar-refractivity contribution is 7.99. The van der Waals surface area contributed by atoms with E-state index in [2.05, 4.69) is 10.3 Å². The van der Waals surface area contributed by atoms with Gasteiger partial charge in [-0.1, -0.05) is 34.7 Å². The summed E-state index contributed by atoms with van der Waals surface area (Å²) >= 11 is 13.8. The van der Waals surface area contributed by atoms with Crippen LogP contribution in [0.2, 0.25) is 5.02 Å². The van der Waals surface area contributed by atoms with Gasteiger partial charge in [0.1, 0.15) is 10.5 Å². The van der Waals surface area contributed by atoms with Crippen LogP contribution in [0, 0.1) is 9.77 Å². The van der Waals surface area contributed by atoms with Gasteiger partial charge < -0.3 is 5.32 Å². The Labute approximate surface area is 194 Å². The molecule has 0 spiro atoms. The van der Waals surface area contributed by atoms with Crippen LogP contribution in [0.4, 0.5) is 10.1 Å². The lowest BCUT2D eigenvalue weighted by Crippen LogP contribution is -2.21. The van der Waals surface area contributed by atoms with Crippen LogP contribution < -0.4 is 10.9 Å². The van der Waals surface area contributed by atoms with Crippen molar-refractivity contribution >= 4 is 68.9 Å². The number of rotatable bonds is 5. The van der Waals surface area contributed by atoms with Crippen LogP contribution in [0.3, 0.4) is 0 Å². The lowest BCUT2D eigenvalue weighted by atomic mass is 10.3. The van der Waals surface area contributed by atoms with Gasteiger partial charge in [-0.05, 0) is 60.7 Å². The van der Waals surface area contributed by atoms with Gasteiger partial charge in [0.2, 0.25) is 5.91 Å². The van der Waals surface area contributed by atoms with Crippen LogP contribution in [-0.2, 0) is 11.8 Å². The molecule has 0 bridgehead atoms. The standard InChI is InChI=1S/C20H14ClFN4O2S3/c1-25-18(28)16-17(26(20(29)31-16)14-8-2-11(21)3-9-14)24-19(25)30-10-15(27)23-13-6-4-12(22)5-7-13/h2-9H,10H2,1H3,(H,23,27). The molecule has 0 unspecified atom stereocenters. The molecule has 2 aromatic heterocycles. The molecule has 1 N–H and O–H groups in total. The summed E-state index contributed by atoms with van der Waals surface area (Å²) in [5.41, 5.74) is 1.42. The first-order valence-electron chi connectivity index (χ1n) is 8.90. The fourth-order valence-electron chi connectivity index (χ4n) is 2.82. The predicted molar refractivity (Wildman–Crippen MR) is 126 cm³/mol. The molecule has 0 aliphatic carbocycles. The lowest BCUT2D eigenvalue weighted by molar-refractivity contribution is -0.113. The first-order valence-corrected chi connectivity index (χ1v) is 11.5. The zero-order valence-corrected chi connectivity index (χ0v) is 19.2. The Hall–Kier alpha value is -2.53. The van der Waals surface area contributed by atoms with Crippen molar-refractivity contribution in [1.82, 2.24) is 14.1 Å². The van der Waals surface area contributed by atoms with E-state index in [9.17, 15) is 14.0 Å². The van der Waals surface area contributed by atoms with Gasteiger partial charge in [-0.25, -0.2) is 9.37 Å². The summed E-state index contributed by atoms with van der Waals surface area (Å²) in [7, 11) is 1.60. The minimum Gasteiger partial charge on any atom is -0.325 e. The molecular weight excluding hydrogens is 479 g/mol. The number of nitrogens with zero attached hydrogens (tertiary/aromatic N) is 3. The largest absolute Gasteiger partial charge is 0.325 e. The molecule has 0 radical (unpaired) electrons. The number of thioether (sulfide) groups is 1. The van der Waals surface area contributed by atoms with Crippen molar-refractivity contribution in [1.29, 1.82) is 0 Å². The van der Waals surface area contributed by atoms with E-state index in [1.165, 1.54) is 40.2 Å². The van der Waals surface area contributed by atoms with Gasteiger partial charge >= 0.3 is 0 Å². The molecule has 1 amide bonds. The summed E-state index contributed by atoms with van der Waals surface area (Å²) in [6.07, 6.45) is 0. The smallest absolute Gasteiger partial charge is 0.273 e. The molecule has 4 aromatic rings. The SMILES string of the molecule is Cn1c(SCC(=O)Nc2ccc(F)cc2)nc2c(sc(=S)n2-c2ccc(Cl)cc2)c1=O. The number of fused-ring (bicyclic) bond motifs is 1. The lowest BCUT2D eigenvalue weighted by Gasteiger charge is -2.09. The van der Waals surface area contributed by atoms with E-state index in [0.717, 1.165) is 17.4 Å². The molecule has 0 saturated heterocycles. The monoisotopic (exact) mass is 492 g/mol. The van der Waals surface area contributed by atoms with Gasteiger partial charge in [0.25, 0.3) is 5.56 Å². The summed E-state index contributed by atoms with van der Waals surface area (Å²) < 4.78 is 17.0. The molecule has 4 rings (SSSR count). The van der Waals surface area contributed by atoms with Crippen molar-refractivity contribution in [3.8, 4) is 5.69 Å². The van der Waals surface area contributed by atoms with Gasteiger partial charge in [-0.2, -0.15) is 0 Å². The molecule has 0 saturated carbocycles. The van der Waals surface area contributed by atoms with Crippen molar-refractivity contribution in [2.45, 2.75) is 5.16 Å². The number of benzene rings is 2. The molecule has 0 atom stereocenters. The second kappa shape index (κ2) is 8.91. The maximum Gasteiger partial charge on any atom is 0.273 e. The Kier molecular flexibility index (Phi) is 6.24. The average molecular weight is 493 g/mol. The number of hydrogen-bond acceptors (Lipinski definition) is 6. The molecule has 0 aliphatic heterocycles. The maximum atomic E-state index is 13.0. The molecule has 6 nitrogen and oxygen atoms in total. The summed E-state index contributed by atoms with van der Waals surface area (Å²) in [5.74, 6) is -0.661. The minimum atomic E-state index is -0.384. The predicted octanol–water partition coefficient (Wildman–Crippen LogP) is 5.04. The molecule has 2 heterocycles. The van der Waals surface area contributed by atoms with Gasteiger partial charge in [-0.3, -0.25) is 18.7 Å². The van der Waals surface area contributed by atoms with Crippen LogP contribution in [0.25, 0.3) is 16.0 Å². The minimum absolute atomic E-state index is 0.0228. The van der Waals surface area contributed by atoms with E-state index in [1.54, 1.807) is 35.9 Å². The Morgan fingerprint density at radius 3 is 2.58 bits per heavy atom. The number of nitrogens with one attached hydrogen (secondary N) is 1. The second-order valence-corrected chi connectivity index (χ2v) is 9.46. The number of carbonyl (C=O) groups is 1. The van der Waals surface area contributed by atoms with Crippen LogP contribution in [0.15, 0.2) is 58.5 Å². The number of anilines is 1. The van der Waals surface area contributed by atoms with Gasteiger partial charge in [0.05, 0.1) is 5.75 Å². The van der Waals surface area contributed by atoms with E-state index in [-0.39, 0.29) is 23.0 Å². The number of hydrogen-bond donors (Lipinski definition) is 1. The molecular formula is C20H14ClFN4O2S3. The first kappa shape index (κ1) is 21.7. The van der Waals surface area contributed by atoms with E-state index in [0.29, 0.717) is 30.2 Å². The third-order valence-electron chi connectivity index (χ3n) is 4.32. The summed E-state index contributed by atoms with van der Waals surface area (Å²) in [4.78, 5) is 29.8. The normalized spacial score (nSPS) is 11.1. The summed E-state index contributed by atoms with van der Waals surface area (Å²) in [6, 6.07) is 12.5. The maximum absolute atomic E-state index is 13.0. The zero-order valence-electron chi connectivity index (χ0n) is 16.0. The van der Waals surface area contributed by atoms with E-state index in [1.807, 2.05) is 0 Å². The highest BCUT2D eigenvalue weighted by Crippen LogP contribution is 2.26. The zero-order chi connectivity index (χ0) is 22.1. The van der Waals surface area contributed by atoms with Crippen molar-refractivity contribution in [2.75, 3.05) is 11.1 Å². The van der Waals surface area contributed by atoms with E-state index in [4.69, 9.17) is 23.8 Å². The average Bonchev–Trinajstić information content (AvgIpc) is 3.08. The van der Waals surface area contributed by atoms with Crippen LogP contribution in [0.1, 0.15) is 0 Å². The van der Waals surface area contributed by atoms with Crippen molar-refractivity contribution < 1.29 is 9.18 Å². The quantitative estimate of drug-likeness (QED) is 0.240. The fraction of sp³-hybridized carbons (Fsp3) is 0.100. The number of thiazole rings is 1. The number of carbonyl (C=O) groups excluding carboxylic acids is 1. The first-order chi connectivity index (χ1) is 14.8. The summed E-state index contributed by atoms with van der Waals surface area (Å²) in [5, 5.41) is 3.65. The Balaban J connectivity index is 1.64. The Morgan fingerprint density at radius 2 is 1.90 bits per heavy atom. The van der Waals surface area contributed by atoms with Gasteiger partial charge in [0, 0.05) is 23.4 Å². The molecule has 2 aromatic carbocycles. The third-order valence-corrected chi connectivity index (χ3v) is 6.95. The van der Waals surface area contributed by atoms with Gasteiger partial charge in [-0.15, -0.1) is 0 Å². The third kappa shape index (κ3) is 4.57. The van der Waals surface area contributed by atoms with Crippen LogP contribution >= 0.6 is 46.9 Å². The Morgan fingerprint density at radius 1 is 1.23 bits per heavy atom. The highest BCUT2D eigenvalue weighted by atomic mass is 35.5. The number of aromatic nitrogens is 3. The molecule has 0 fully saturated rings.